The van der Waals surface area contributed by atoms with Crippen LogP contribution < -0.4 is 4.90 Å². The molecule has 1 aliphatic heterocycles. The SMILES string of the molecule is COC(=O)c1ccc2nc(-c3cc4cc(F)ccc4o3)c(N3CCCCC3C)nc2c1. The van der Waals surface area contributed by atoms with Crippen molar-refractivity contribution in [3.63, 3.8) is 0 Å². The molecule has 6 nitrogen and oxygen atoms in total. The van der Waals surface area contributed by atoms with E-state index in [1.54, 1.807) is 30.3 Å². The van der Waals surface area contributed by atoms with Crippen LogP contribution in [0, 0.1) is 5.82 Å². The summed E-state index contributed by atoms with van der Waals surface area (Å²) in [5, 5.41) is 0.676. The average molecular weight is 419 g/mol. The topological polar surface area (TPSA) is 68.5 Å². The molecule has 1 fully saturated rings. The largest absolute Gasteiger partial charge is 0.465 e. The molecule has 1 aliphatic rings. The Bertz CT molecular complexity index is 1300. The van der Waals surface area contributed by atoms with Crippen LogP contribution in [0.2, 0.25) is 0 Å². The lowest BCUT2D eigenvalue weighted by Crippen LogP contribution is -2.38. The van der Waals surface area contributed by atoms with Gasteiger partial charge in [-0.05, 0) is 68.7 Å². The third-order valence-electron chi connectivity index (χ3n) is 5.85. The number of nitrogens with zero attached hydrogens (tertiary/aromatic N) is 3. The second-order valence-electron chi connectivity index (χ2n) is 7.92. The number of rotatable bonds is 3. The number of anilines is 1. The number of carbonyl (C=O) groups is 1. The summed E-state index contributed by atoms with van der Waals surface area (Å²) in [6.45, 7) is 3.04. The molecule has 158 valence electrons. The highest BCUT2D eigenvalue weighted by Gasteiger charge is 2.26. The van der Waals surface area contributed by atoms with E-state index in [0.717, 1.165) is 19.4 Å². The average Bonchev–Trinajstić information content (AvgIpc) is 3.20. The fourth-order valence-corrected chi connectivity index (χ4v) is 4.20. The van der Waals surface area contributed by atoms with Gasteiger partial charge in [-0.3, -0.25) is 0 Å². The summed E-state index contributed by atoms with van der Waals surface area (Å²) in [6.07, 6.45) is 3.30. The minimum Gasteiger partial charge on any atom is -0.465 e. The minimum atomic E-state index is -0.417. The second-order valence-corrected chi connectivity index (χ2v) is 7.92. The number of esters is 1. The summed E-state index contributed by atoms with van der Waals surface area (Å²) in [4.78, 5) is 24.0. The number of halogens is 1. The van der Waals surface area contributed by atoms with Crippen molar-refractivity contribution in [2.45, 2.75) is 32.2 Å². The number of fused-ring (bicyclic) bond motifs is 2. The molecule has 4 aromatic rings. The van der Waals surface area contributed by atoms with Gasteiger partial charge in [0.2, 0.25) is 0 Å². The molecule has 2 aromatic heterocycles. The quantitative estimate of drug-likeness (QED) is 0.417. The molecule has 1 saturated heterocycles. The van der Waals surface area contributed by atoms with Crippen LogP contribution in [0.15, 0.2) is 46.9 Å². The Morgan fingerprint density at radius 2 is 2.00 bits per heavy atom. The third-order valence-corrected chi connectivity index (χ3v) is 5.85. The lowest BCUT2D eigenvalue weighted by Gasteiger charge is -2.35. The molecule has 0 bridgehead atoms. The van der Waals surface area contributed by atoms with Crippen LogP contribution in [0.3, 0.4) is 0 Å². The summed E-state index contributed by atoms with van der Waals surface area (Å²) in [6, 6.07) is 11.7. The fourth-order valence-electron chi connectivity index (χ4n) is 4.20. The summed E-state index contributed by atoms with van der Waals surface area (Å²) in [5.74, 6) is 0.519. The number of piperidine rings is 1. The van der Waals surface area contributed by atoms with Gasteiger partial charge in [0.25, 0.3) is 0 Å². The van der Waals surface area contributed by atoms with Crippen LogP contribution in [-0.4, -0.2) is 35.6 Å². The summed E-state index contributed by atoms with van der Waals surface area (Å²) < 4.78 is 24.6. The molecule has 5 rings (SSSR count). The van der Waals surface area contributed by atoms with Gasteiger partial charge in [-0.15, -0.1) is 0 Å². The summed E-state index contributed by atoms with van der Waals surface area (Å²) in [5.41, 5.74) is 2.89. The Balaban J connectivity index is 1.72. The van der Waals surface area contributed by atoms with Gasteiger partial charge < -0.3 is 14.1 Å². The Morgan fingerprint density at radius 3 is 2.81 bits per heavy atom. The highest BCUT2D eigenvalue weighted by molar-refractivity contribution is 5.94. The van der Waals surface area contributed by atoms with Crippen molar-refractivity contribution in [2.75, 3.05) is 18.6 Å². The molecular formula is C24H22FN3O3. The van der Waals surface area contributed by atoms with Crippen LogP contribution in [0.4, 0.5) is 10.2 Å². The lowest BCUT2D eigenvalue weighted by atomic mass is 10.0. The van der Waals surface area contributed by atoms with E-state index in [1.165, 1.54) is 25.7 Å². The Morgan fingerprint density at radius 1 is 1.13 bits per heavy atom. The van der Waals surface area contributed by atoms with Gasteiger partial charge in [0, 0.05) is 18.0 Å². The maximum absolute atomic E-state index is 13.7. The first-order valence-electron chi connectivity index (χ1n) is 10.4. The predicted octanol–water partition coefficient (Wildman–Crippen LogP) is 5.35. The van der Waals surface area contributed by atoms with E-state index in [2.05, 4.69) is 11.8 Å². The fraction of sp³-hybridized carbons (Fsp3) is 0.292. The minimum absolute atomic E-state index is 0.296. The van der Waals surface area contributed by atoms with E-state index in [1.807, 2.05) is 0 Å². The maximum Gasteiger partial charge on any atom is 0.337 e. The van der Waals surface area contributed by atoms with Crippen LogP contribution in [0.1, 0.15) is 36.5 Å². The zero-order chi connectivity index (χ0) is 21.5. The first-order valence-corrected chi connectivity index (χ1v) is 10.4. The molecule has 1 atom stereocenters. The number of furan rings is 1. The van der Waals surface area contributed by atoms with Gasteiger partial charge in [-0.2, -0.15) is 0 Å². The highest BCUT2D eigenvalue weighted by atomic mass is 19.1. The van der Waals surface area contributed by atoms with E-state index in [-0.39, 0.29) is 5.82 Å². The van der Waals surface area contributed by atoms with Crippen LogP contribution in [-0.2, 0) is 4.74 Å². The zero-order valence-electron chi connectivity index (χ0n) is 17.4. The highest BCUT2D eigenvalue weighted by Crippen LogP contribution is 2.36. The number of carbonyl (C=O) groups excluding carboxylic acids is 1. The third kappa shape index (κ3) is 3.50. The van der Waals surface area contributed by atoms with Crippen molar-refractivity contribution in [1.82, 2.24) is 9.97 Å². The monoisotopic (exact) mass is 419 g/mol. The molecular weight excluding hydrogens is 397 g/mol. The van der Waals surface area contributed by atoms with Crippen molar-refractivity contribution >= 4 is 33.8 Å². The Hall–Kier alpha value is -3.48. The van der Waals surface area contributed by atoms with Gasteiger partial charge in [0.1, 0.15) is 17.1 Å². The standard InChI is InChI=1S/C24H22FN3O3/c1-14-5-3-4-10-28(14)23-22(21-13-16-11-17(25)7-9-20(16)31-21)26-18-8-6-15(24(29)30-2)12-19(18)27-23/h6-9,11-14H,3-5,10H2,1-2H3. The van der Waals surface area contributed by atoms with Gasteiger partial charge in [0.15, 0.2) is 11.6 Å². The van der Waals surface area contributed by atoms with Crippen LogP contribution in [0.5, 0.6) is 0 Å². The normalized spacial score (nSPS) is 16.7. The molecule has 0 amide bonds. The van der Waals surface area contributed by atoms with Gasteiger partial charge >= 0.3 is 5.97 Å². The summed E-state index contributed by atoms with van der Waals surface area (Å²) >= 11 is 0. The van der Waals surface area contributed by atoms with E-state index >= 15 is 0 Å². The van der Waals surface area contributed by atoms with Crippen LogP contribution >= 0.6 is 0 Å². The molecule has 0 radical (unpaired) electrons. The molecule has 3 heterocycles. The number of hydrogen-bond donors (Lipinski definition) is 0. The van der Waals surface area contributed by atoms with Crippen molar-refractivity contribution in [3.8, 4) is 11.5 Å². The van der Waals surface area contributed by atoms with Crippen molar-refractivity contribution in [3.05, 3.63) is 53.8 Å². The molecule has 0 spiro atoms. The van der Waals surface area contributed by atoms with E-state index in [4.69, 9.17) is 19.1 Å². The number of methoxy groups -OCH3 is 1. The number of hydrogen-bond acceptors (Lipinski definition) is 6. The van der Waals surface area contributed by atoms with Gasteiger partial charge in [-0.25, -0.2) is 19.2 Å². The van der Waals surface area contributed by atoms with Crippen molar-refractivity contribution in [2.24, 2.45) is 0 Å². The predicted molar refractivity (Wildman–Crippen MR) is 117 cm³/mol. The van der Waals surface area contributed by atoms with E-state index in [9.17, 15) is 9.18 Å². The molecule has 0 aliphatic carbocycles. The Kier molecular flexibility index (Phi) is 4.81. The van der Waals surface area contributed by atoms with Crippen molar-refractivity contribution in [1.29, 1.82) is 0 Å². The smallest absolute Gasteiger partial charge is 0.337 e. The molecule has 0 N–H and O–H groups in total. The molecule has 7 heteroatoms. The lowest BCUT2D eigenvalue weighted by molar-refractivity contribution is 0.0601. The first-order chi connectivity index (χ1) is 15.0. The van der Waals surface area contributed by atoms with Gasteiger partial charge in [0.05, 0.1) is 23.7 Å². The van der Waals surface area contributed by atoms with Crippen LogP contribution in [0.25, 0.3) is 33.5 Å². The van der Waals surface area contributed by atoms with Gasteiger partial charge in [-0.1, -0.05) is 0 Å². The molecule has 0 saturated carbocycles. The number of ether oxygens (including phenoxy) is 1. The second kappa shape index (κ2) is 7.65. The zero-order valence-corrected chi connectivity index (χ0v) is 17.4. The maximum atomic E-state index is 13.7. The molecule has 31 heavy (non-hydrogen) atoms. The van der Waals surface area contributed by atoms with E-state index in [0.29, 0.717) is 50.9 Å². The van der Waals surface area contributed by atoms with Crippen molar-refractivity contribution < 1.29 is 18.3 Å². The molecule has 1 unspecified atom stereocenters. The Labute approximate surface area is 178 Å². The first kappa shape index (κ1) is 19.5. The molecule has 2 aromatic carbocycles. The number of aromatic nitrogens is 2. The van der Waals surface area contributed by atoms with E-state index < -0.39 is 5.97 Å². The number of benzene rings is 2. The summed E-state index contributed by atoms with van der Waals surface area (Å²) in [7, 11) is 1.35.